The Kier molecular flexibility index (Phi) is 5.65. The summed E-state index contributed by atoms with van der Waals surface area (Å²) in [6, 6.07) is 23.5. The van der Waals surface area contributed by atoms with Crippen LogP contribution in [0.25, 0.3) is 28.4 Å². The van der Waals surface area contributed by atoms with Gasteiger partial charge in [-0.1, -0.05) is 29.8 Å². The van der Waals surface area contributed by atoms with Crippen LogP contribution in [0.4, 0.5) is 5.69 Å². The van der Waals surface area contributed by atoms with Crippen LogP contribution in [0, 0.1) is 0 Å². The van der Waals surface area contributed by atoms with Gasteiger partial charge in [-0.05, 0) is 60.7 Å². The van der Waals surface area contributed by atoms with Gasteiger partial charge in [0.15, 0.2) is 12.3 Å². The summed E-state index contributed by atoms with van der Waals surface area (Å²) in [6.45, 7) is -0.121. The number of amides is 1. The Labute approximate surface area is 193 Å². The van der Waals surface area contributed by atoms with Crippen molar-refractivity contribution in [2.24, 2.45) is 0 Å². The second kappa shape index (κ2) is 9.05. The van der Waals surface area contributed by atoms with Crippen molar-refractivity contribution in [1.29, 1.82) is 0 Å². The second-order valence-electron chi connectivity index (χ2n) is 7.10. The Hall–Kier alpha value is -4.30. The number of ether oxygens (including phenoxy) is 1. The molecule has 1 amide bonds. The van der Waals surface area contributed by atoms with Crippen molar-refractivity contribution in [3.8, 4) is 28.5 Å². The number of hydrogen-bond acceptors (Lipinski definition) is 6. The van der Waals surface area contributed by atoms with E-state index in [1.807, 2.05) is 48.5 Å². The summed E-state index contributed by atoms with van der Waals surface area (Å²) in [5, 5.41) is 16.5. The summed E-state index contributed by atoms with van der Waals surface area (Å²) >= 11 is 5.86. The first kappa shape index (κ1) is 20.6. The molecule has 0 atom stereocenters. The van der Waals surface area contributed by atoms with Crippen LogP contribution in [0.2, 0.25) is 5.02 Å². The average molecular weight is 457 g/mol. The highest BCUT2D eigenvalue weighted by atomic mass is 35.5. The van der Waals surface area contributed by atoms with Crippen LogP contribution in [-0.4, -0.2) is 37.3 Å². The zero-order chi connectivity index (χ0) is 22.6. The van der Waals surface area contributed by atoms with E-state index in [-0.39, 0.29) is 12.5 Å². The van der Waals surface area contributed by atoms with E-state index in [0.717, 1.165) is 5.56 Å². The standard InChI is InChI=1S/C24H17ClN6O2/c25-17-7-9-19(10-8-17)33-15-23(32)27-18-5-3-4-16(14-18)20-11-12-22-28-29-24(31(22)30-20)21-6-1-2-13-26-21/h1-14H,15H2,(H,27,32). The van der Waals surface area contributed by atoms with Crippen LogP contribution in [0.3, 0.4) is 0 Å². The normalized spacial score (nSPS) is 10.8. The number of anilines is 1. The number of carbonyl (C=O) groups excluding carboxylic acids is 1. The molecule has 0 radical (unpaired) electrons. The minimum absolute atomic E-state index is 0.121. The van der Waals surface area contributed by atoms with Crippen molar-refractivity contribution in [2.45, 2.75) is 0 Å². The molecular formula is C24H17ClN6O2. The largest absolute Gasteiger partial charge is 0.484 e. The molecule has 5 aromatic rings. The third-order valence-electron chi connectivity index (χ3n) is 4.78. The Morgan fingerprint density at radius 1 is 0.939 bits per heavy atom. The van der Waals surface area contributed by atoms with Crippen LogP contribution in [0.15, 0.2) is 85.1 Å². The average Bonchev–Trinajstić information content (AvgIpc) is 3.28. The number of halogens is 1. The Balaban J connectivity index is 1.34. The maximum absolute atomic E-state index is 12.3. The van der Waals surface area contributed by atoms with E-state index in [4.69, 9.17) is 16.3 Å². The van der Waals surface area contributed by atoms with Crippen molar-refractivity contribution in [3.63, 3.8) is 0 Å². The van der Waals surface area contributed by atoms with Gasteiger partial charge in [0.2, 0.25) is 5.82 Å². The lowest BCUT2D eigenvalue weighted by atomic mass is 10.1. The molecule has 1 N–H and O–H groups in total. The smallest absolute Gasteiger partial charge is 0.262 e. The van der Waals surface area contributed by atoms with Gasteiger partial charge < -0.3 is 10.1 Å². The molecule has 3 heterocycles. The first-order valence-corrected chi connectivity index (χ1v) is 10.5. The monoisotopic (exact) mass is 456 g/mol. The van der Waals surface area contributed by atoms with E-state index in [9.17, 15) is 4.79 Å². The molecule has 9 heteroatoms. The maximum Gasteiger partial charge on any atom is 0.262 e. The van der Waals surface area contributed by atoms with Crippen molar-refractivity contribution >= 4 is 28.8 Å². The Bertz CT molecular complexity index is 1420. The second-order valence-corrected chi connectivity index (χ2v) is 7.54. The summed E-state index contributed by atoms with van der Waals surface area (Å²) in [7, 11) is 0. The number of nitrogens with zero attached hydrogens (tertiary/aromatic N) is 5. The lowest BCUT2D eigenvalue weighted by Crippen LogP contribution is -2.20. The van der Waals surface area contributed by atoms with Gasteiger partial charge >= 0.3 is 0 Å². The lowest BCUT2D eigenvalue weighted by molar-refractivity contribution is -0.118. The van der Waals surface area contributed by atoms with E-state index in [1.165, 1.54) is 0 Å². The summed E-state index contributed by atoms with van der Waals surface area (Å²) in [6.07, 6.45) is 1.70. The molecule has 5 rings (SSSR count). The number of fused-ring (bicyclic) bond motifs is 1. The third-order valence-corrected chi connectivity index (χ3v) is 5.03. The van der Waals surface area contributed by atoms with Crippen molar-refractivity contribution in [1.82, 2.24) is 24.8 Å². The molecule has 0 saturated carbocycles. The van der Waals surface area contributed by atoms with E-state index >= 15 is 0 Å². The quantitative estimate of drug-likeness (QED) is 0.403. The van der Waals surface area contributed by atoms with Gasteiger partial charge in [0.25, 0.3) is 5.91 Å². The topological polar surface area (TPSA) is 94.3 Å². The molecule has 0 aliphatic rings. The highest BCUT2D eigenvalue weighted by Crippen LogP contribution is 2.23. The number of benzene rings is 2. The highest BCUT2D eigenvalue weighted by Gasteiger charge is 2.12. The number of nitrogens with one attached hydrogen (secondary N) is 1. The fourth-order valence-electron chi connectivity index (χ4n) is 3.23. The Morgan fingerprint density at radius 3 is 2.64 bits per heavy atom. The summed E-state index contributed by atoms with van der Waals surface area (Å²) < 4.78 is 7.15. The summed E-state index contributed by atoms with van der Waals surface area (Å²) in [5.74, 6) is 0.844. The van der Waals surface area contributed by atoms with Gasteiger partial charge in [-0.15, -0.1) is 10.2 Å². The van der Waals surface area contributed by atoms with E-state index < -0.39 is 0 Å². The van der Waals surface area contributed by atoms with Gasteiger partial charge in [-0.3, -0.25) is 9.78 Å². The molecule has 0 unspecified atom stereocenters. The number of carbonyl (C=O) groups is 1. The van der Waals surface area contributed by atoms with E-state index in [0.29, 0.717) is 39.3 Å². The van der Waals surface area contributed by atoms with Gasteiger partial charge in [0.1, 0.15) is 11.4 Å². The van der Waals surface area contributed by atoms with Crippen LogP contribution in [0.5, 0.6) is 5.75 Å². The summed E-state index contributed by atoms with van der Waals surface area (Å²) in [4.78, 5) is 16.7. The van der Waals surface area contributed by atoms with Crippen molar-refractivity contribution < 1.29 is 9.53 Å². The molecule has 162 valence electrons. The van der Waals surface area contributed by atoms with Crippen molar-refractivity contribution in [2.75, 3.05) is 11.9 Å². The predicted molar refractivity (Wildman–Crippen MR) is 125 cm³/mol. The highest BCUT2D eigenvalue weighted by molar-refractivity contribution is 6.30. The molecule has 0 saturated heterocycles. The fourth-order valence-corrected chi connectivity index (χ4v) is 3.36. The van der Waals surface area contributed by atoms with Gasteiger partial charge in [-0.2, -0.15) is 9.61 Å². The first-order chi connectivity index (χ1) is 16.2. The molecular weight excluding hydrogens is 440 g/mol. The van der Waals surface area contributed by atoms with Gasteiger partial charge in [-0.25, -0.2) is 0 Å². The molecule has 0 aliphatic heterocycles. The molecule has 0 bridgehead atoms. The minimum atomic E-state index is -0.276. The number of hydrogen-bond donors (Lipinski definition) is 1. The molecule has 0 fully saturated rings. The number of rotatable bonds is 6. The van der Waals surface area contributed by atoms with E-state index in [2.05, 4.69) is 25.6 Å². The maximum atomic E-state index is 12.3. The van der Waals surface area contributed by atoms with Crippen LogP contribution < -0.4 is 10.1 Å². The molecule has 2 aromatic carbocycles. The molecule has 8 nitrogen and oxygen atoms in total. The van der Waals surface area contributed by atoms with Gasteiger partial charge in [0, 0.05) is 22.5 Å². The SMILES string of the molecule is O=C(COc1ccc(Cl)cc1)Nc1cccc(-c2ccc3nnc(-c4ccccn4)n3n2)c1. The lowest BCUT2D eigenvalue weighted by Gasteiger charge is -2.09. The minimum Gasteiger partial charge on any atom is -0.484 e. The number of aromatic nitrogens is 5. The van der Waals surface area contributed by atoms with Crippen LogP contribution in [-0.2, 0) is 4.79 Å². The zero-order valence-electron chi connectivity index (χ0n) is 17.2. The van der Waals surface area contributed by atoms with Crippen molar-refractivity contribution in [3.05, 3.63) is 90.1 Å². The van der Waals surface area contributed by atoms with Crippen LogP contribution >= 0.6 is 11.6 Å². The number of pyridine rings is 1. The Morgan fingerprint density at radius 2 is 1.82 bits per heavy atom. The zero-order valence-corrected chi connectivity index (χ0v) is 18.0. The molecule has 33 heavy (non-hydrogen) atoms. The third kappa shape index (κ3) is 4.65. The molecule has 0 spiro atoms. The summed E-state index contributed by atoms with van der Waals surface area (Å²) in [5.41, 5.74) is 3.45. The first-order valence-electron chi connectivity index (χ1n) is 10.1. The van der Waals surface area contributed by atoms with Gasteiger partial charge in [0.05, 0.1) is 5.69 Å². The molecule has 3 aromatic heterocycles. The predicted octanol–water partition coefficient (Wildman–Crippen LogP) is 4.52. The van der Waals surface area contributed by atoms with Crippen LogP contribution in [0.1, 0.15) is 0 Å². The fraction of sp³-hybridized carbons (Fsp3) is 0.0417. The molecule has 0 aliphatic carbocycles. The van der Waals surface area contributed by atoms with E-state index in [1.54, 1.807) is 41.0 Å².